The lowest BCUT2D eigenvalue weighted by Gasteiger charge is -2.16. The minimum Gasteiger partial charge on any atom is -0.352 e. The van der Waals surface area contributed by atoms with Crippen molar-refractivity contribution in [1.82, 2.24) is 5.32 Å². The van der Waals surface area contributed by atoms with Crippen molar-refractivity contribution in [3.05, 3.63) is 35.9 Å². The van der Waals surface area contributed by atoms with E-state index in [4.69, 9.17) is 5.73 Å². The third-order valence-electron chi connectivity index (χ3n) is 3.14. The van der Waals surface area contributed by atoms with Crippen molar-refractivity contribution in [2.75, 3.05) is 0 Å². The van der Waals surface area contributed by atoms with E-state index in [0.29, 0.717) is 6.04 Å². The number of hydrogen-bond acceptors (Lipinski definition) is 2. The van der Waals surface area contributed by atoms with Crippen LogP contribution in [0.1, 0.15) is 37.3 Å². The average Bonchev–Trinajstić information content (AvgIpc) is 2.82. The summed E-state index contributed by atoms with van der Waals surface area (Å²) in [6, 6.07) is 9.29. The molecule has 1 fully saturated rings. The highest BCUT2D eigenvalue weighted by Crippen LogP contribution is 2.18. The first-order chi connectivity index (χ1) is 7.77. The van der Waals surface area contributed by atoms with E-state index in [-0.39, 0.29) is 5.91 Å². The summed E-state index contributed by atoms with van der Waals surface area (Å²) in [5.41, 5.74) is 6.78. The molecule has 0 aliphatic heterocycles. The molecule has 0 radical (unpaired) electrons. The van der Waals surface area contributed by atoms with Crippen LogP contribution in [-0.4, -0.2) is 11.9 Å². The monoisotopic (exact) mass is 218 g/mol. The van der Waals surface area contributed by atoms with Crippen molar-refractivity contribution in [2.24, 2.45) is 5.73 Å². The minimum atomic E-state index is -0.540. The van der Waals surface area contributed by atoms with Crippen LogP contribution in [0.25, 0.3) is 0 Å². The minimum absolute atomic E-state index is 0.0573. The summed E-state index contributed by atoms with van der Waals surface area (Å²) in [7, 11) is 0. The lowest BCUT2D eigenvalue weighted by molar-refractivity contribution is -0.123. The van der Waals surface area contributed by atoms with Gasteiger partial charge in [-0.15, -0.1) is 0 Å². The summed E-state index contributed by atoms with van der Waals surface area (Å²) in [4.78, 5) is 11.9. The molecule has 1 saturated carbocycles. The molecule has 1 atom stereocenters. The van der Waals surface area contributed by atoms with Gasteiger partial charge in [-0.1, -0.05) is 43.2 Å². The molecule has 86 valence electrons. The highest BCUT2D eigenvalue weighted by molar-refractivity contribution is 5.83. The number of rotatable bonds is 3. The maximum atomic E-state index is 11.9. The maximum absolute atomic E-state index is 11.9. The highest BCUT2D eigenvalue weighted by atomic mass is 16.2. The molecule has 1 aromatic rings. The Labute approximate surface area is 96.0 Å². The van der Waals surface area contributed by atoms with Gasteiger partial charge in [0.25, 0.3) is 0 Å². The fraction of sp³-hybridized carbons (Fsp3) is 0.462. The van der Waals surface area contributed by atoms with Crippen LogP contribution in [0.2, 0.25) is 0 Å². The number of carbonyl (C=O) groups is 1. The van der Waals surface area contributed by atoms with Crippen LogP contribution in [0.3, 0.4) is 0 Å². The van der Waals surface area contributed by atoms with Crippen molar-refractivity contribution in [1.29, 1.82) is 0 Å². The van der Waals surface area contributed by atoms with Crippen molar-refractivity contribution in [3.8, 4) is 0 Å². The van der Waals surface area contributed by atoms with Crippen LogP contribution < -0.4 is 11.1 Å². The number of nitrogens with one attached hydrogen (secondary N) is 1. The van der Waals surface area contributed by atoms with E-state index < -0.39 is 6.04 Å². The Balaban J connectivity index is 1.94. The first-order valence-corrected chi connectivity index (χ1v) is 5.88. The Kier molecular flexibility index (Phi) is 3.57. The predicted octanol–water partition coefficient (Wildman–Crippen LogP) is 1.75. The van der Waals surface area contributed by atoms with Crippen LogP contribution in [0.15, 0.2) is 30.3 Å². The molecular formula is C13H18N2O. The molecule has 3 heteroatoms. The third kappa shape index (κ3) is 2.61. The van der Waals surface area contributed by atoms with Gasteiger partial charge in [0.2, 0.25) is 5.91 Å². The SMILES string of the molecule is N[C@@H](C(=O)NC1CCCC1)c1ccccc1. The zero-order valence-corrected chi connectivity index (χ0v) is 9.36. The Hall–Kier alpha value is -1.35. The molecule has 1 aliphatic rings. The summed E-state index contributed by atoms with van der Waals surface area (Å²) in [5, 5.41) is 3.01. The van der Waals surface area contributed by atoms with Crippen molar-refractivity contribution < 1.29 is 4.79 Å². The number of benzene rings is 1. The van der Waals surface area contributed by atoms with Gasteiger partial charge in [0.1, 0.15) is 6.04 Å². The molecule has 0 spiro atoms. The number of carbonyl (C=O) groups excluding carboxylic acids is 1. The first kappa shape index (κ1) is 11.1. The quantitative estimate of drug-likeness (QED) is 0.812. The largest absolute Gasteiger partial charge is 0.352 e. The second-order valence-electron chi connectivity index (χ2n) is 4.38. The highest BCUT2D eigenvalue weighted by Gasteiger charge is 2.21. The van der Waals surface area contributed by atoms with Gasteiger partial charge >= 0.3 is 0 Å². The van der Waals surface area contributed by atoms with Crippen LogP contribution >= 0.6 is 0 Å². The summed E-state index contributed by atoms with van der Waals surface area (Å²) in [5.74, 6) is -0.0573. The summed E-state index contributed by atoms with van der Waals surface area (Å²) in [6.07, 6.45) is 4.61. The normalized spacial score (nSPS) is 18.3. The predicted molar refractivity (Wildman–Crippen MR) is 63.8 cm³/mol. The van der Waals surface area contributed by atoms with Gasteiger partial charge in [-0.3, -0.25) is 4.79 Å². The van der Waals surface area contributed by atoms with E-state index in [1.54, 1.807) is 0 Å². The number of nitrogens with two attached hydrogens (primary N) is 1. The lowest BCUT2D eigenvalue weighted by Crippen LogP contribution is -2.39. The average molecular weight is 218 g/mol. The lowest BCUT2D eigenvalue weighted by atomic mass is 10.1. The molecule has 3 N–H and O–H groups in total. The topological polar surface area (TPSA) is 55.1 Å². The molecule has 1 aromatic carbocycles. The van der Waals surface area contributed by atoms with Gasteiger partial charge in [0.15, 0.2) is 0 Å². The van der Waals surface area contributed by atoms with Crippen molar-refractivity contribution >= 4 is 5.91 Å². The third-order valence-corrected chi connectivity index (χ3v) is 3.14. The summed E-state index contributed by atoms with van der Waals surface area (Å²) < 4.78 is 0. The molecule has 0 unspecified atom stereocenters. The molecule has 0 bridgehead atoms. The standard InChI is InChI=1S/C13H18N2O/c14-12(10-6-2-1-3-7-10)13(16)15-11-8-4-5-9-11/h1-3,6-7,11-12H,4-5,8-9,14H2,(H,15,16)/t12-/m1/s1. The molecule has 16 heavy (non-hydrogen) atoms. The van der Waals surface area contributed by atoms with Crippen LogP contribution in [0.4, 0.5) is 0 Å². The molecular weight excluding hydrogens is 200 g/mol. The van der Waals surface area contributed by atoms with Crippen LogP contribution in [0.5, 0.6) is 0 Å². The Morgan fingerprint density at radius 1 is 1.25 bits per heavy atom. The molecule has 0 heterocycles. The smallest absolute Gasteiger partial charge is 0.241 e. The Morgan fingerprint density at radius 2 is 1.88 bits per heavy atom. The van der Waals surface area contributed by atoms with E-state index in [9.17, 15) is 4.79 Å². The zero-order valence-electron chi connectivity index (χ0n) is 9.36. The van der Waals surface area contributed by atoms with E-state index in [1.807, 2.05) is 30.3 Å². The molecule has 2 rings (SSSR count). The Bertz CT molecular complexity index is 344. The molecule has 1 aliphatic carbocycles. The summed E-state index contributed by atoms with van der Waals surface area (Å²) in [6.45, 7) is 0. The second kappa shape index (κ2) is 5.12. The summed E-state index contributed by atoms with van der Waals surface area (Å²) >= 11 is 0. The van der Waals surface area contributed by atoms with Crippen molar-refractivity contribution in [3.63, 3.8) is 0 Å². The van der Waals surface area contributed by atoms with Crippen LogP contribution in [0, 0.1) is 0 Å². The maximum Gasteiger partial charge on any atom is 0.241 e. The van der Waals surface area contributed by atoms with Crippen molar-refractivity contribution in [2.45, 2.75) is 37.8 Å². The Morgan fingerprint density at radius 3 is 2.50 bits per heavy atom. The van der Waals surface area contributed by atoms with E-state index in [2.05, 4.69) is 5.32 Å². The first-order valence-electron chi connectivity index (χ1n) is 5.88. The van der Waals surface area contributed by atoms with E-state index in [0.717, 1.165) is 18.4 Å². The fourth-order valence-electron chi connectivity index (χ4n) is 2.17. The molecule has 3 nitrogen and oxygen atoms in total. The molecule has 0 saturated heterocycles. The number of amides is 1. The van der Waals surface area contributed by atoms with Crippen LogP contribution in [-0.2, 0) is 4.79 Å². The van der Waals surface area contributed by atoms with Gasteiger partial charge in [-0.2, -0.15) is 0 Å². The van der Waals surface area contributed by atoms with Gasteiger partial charge < -0.3 is 11.1 Å². The van der Waals surface area contributed by atoms with E-state index in [1.165, 1.54) is 12.8 Å². The zero-order chi connectivity index (χ0) is 11.4. The fourth-order valence-corrected chi connectivity index (χ4v) is 2.17. The molecule has 1 amide bonds. The second-order valence-corrected chi connectivity index (χ2v) is 4.38. The van der Waals surface area contributed by atoms with Gasteiger partial charge in [-0.25, -0.2) is 0 Å². The number of hydrogen-bond donors (Lipinski definition) is 2. The van der Waals surface area contributed by atoms with Gasteiger partial charge in [0.05, 0.1) is 0 Å². The molecule has 0 aromatic heterocycles. The van der Waals surface area contributed by atoms with Gasteiger partial charge in [-0.05, 0) is 18.4 Å². The van der Waals surface area contributed by atoms with E-state index >= 15 is 0 Å². The van der Waals surface area contributed by atoms with Gasteiger partial charge in [0, 0.05) is 6.04 Å².